The number of amides is 1. The number of para-hydroxylation sites is 1. The monoisotopic (exact) mass is 237 g/mol. The van der Waals surface area contributed by atoms with Crippen molar-refractivity contribution in [3.63, 3.8) is 0 Å². The number of rotatable bonds is 7. The molecule has 1 rings (SSSR count). The lowest BCUT2D eigenvalue weighted by Crippen LogP contribution is -2.26. The summed E-state index contributed by atoms with van der Waals surface area (Å²) in [5.74, 6) is 0.713. The largest absolute Gasteiger partial charge is 0.496 e. The normalized spacial score (nSPS) is 10.0. The molecule has 1 amide bonds. The lowest BCUT2D eigenvalue weighted by Gasteiger charge is -2.08. The van der Waals surface area contributed by atoms with Gasteiger partial charge in [-0.2, -0.15) is 0 Å². The predicted molar refractivity (Wildman–Crippen MR) is 66.0 cm³/mol. The maximum atomic E-state index is 11.6. The number of aliphatic hydroxyl groups excluding tert-OH is 1. The molecular formula is C13H19NO3. The molecule has 0 heterocycles. The van der Waals surface area contributed by atoms with Crippen molar-refractivity contribution in [1.29, 1.82) is 0 Å². The Morgan fingerprint density at radius 3 is 2.82 bits per heavy atom. The van der Waals surface area contributed by atoms with E-state index in [0.717, 1.165) is 24.2 Å². The van der Waals surface area contributed by atoms with Gasteiger partial charge in [-0.25, -0.2) is 0 Å². The van der Waals surface area contributed by atoms with Gasteiger partial charge in [0.25, 0.3) is 0 Å². The number of aliphatic hydroxyl groups is 1. The molecule has 0 aliphatic rings. The third-order valence-corrected chi connectivity index (χ3v) is 2.45. The first-order valence-electron chi connectivity index (χ1n) is 5.77. The molecule has 1 aromatic rings. The highest BCUT2D eigenvalue weighted by Crippen LogP contribution is 2.17. The second-order valence-electron chi connectivity index (χ2n) is 3.77. The zero-order chi connectivity index (χ0) is 12.5. The van der Waals surface area contributed by atoms with Crippen LogP contribution in [0.25, 0.3) is 0 Å². The molecule has 0 fully saturated rings. The highest BCUT2D eigenvalue weighted by molar-refractivity contribution is 5.79. The van der Waals surface area contributed by atoms with Crippen LogP contribution >= 0.6 is 0 Å². The Hall–Kier alpha value is -1.55. The summed E-state index contributed by atoms with van der Waals surface area (Å²) in [6, 6.07) is 7.49. The number of unbranched alkanes of at least 4 members (excludes halogenated alkanes) is 1. The van der Waals surface area contributed by atoms with Crippen LogP contribution in [0.2, 0.25) is 0 Å². The van der Waals surface area contributed by atoms with E-state index in [-0.39, 0.29) is 12.5 Å². The first-order chi connectivity index (χ1) is 8.27. The molecule has 1 aromatic carbocycles. The molecule has 0 radical (unpaired) electrons. The Balaban J connectivity index is 2.39. The van der Waals surface area contributed by atoms with Gasteiger partial charge in [0.2, 0.25) is 5.91 Å². The summed E-state index contributed by atoms with van der Waals surface area (Å²) >= 11 is 0. The number of carbonyl (C=O) groups is 1. The summed E-state index contributed by atoms with van der Waals surface area (Å²) in [6.07, 6.45) is 1.84. The topological polar surface area (TPSA) is 58.6 Å². The average molecular weight is 237 g/mol. The summed E-state index contributed by atoms with van der Waals surface area (Å²) in [5, 5.41) is 11.4. The van der Waals surface area contributed by atoms with Gasteiger partial charge in [0.05, 0.1) is 13.5 Å². The third kappa shape index (κ3) is 4.87. The molecule has 94 valence electrons. The summed E-state index contributed by atoms with van der Waals surface area (Å²) in [4.78, 5) is 11.6. The smallest absolute Gasteiger partial charge is 0.224 e. The highest BCUT2D eigenvalue weighted by atomic mass is 16.5. The van der Waals surface area contributed by atoms with Crippen molar-refractivity contribution in [3.05, 3.63) is 29.8 Å². The molecule has 0 saturated heterocycles. The average Bonchev–Trinajstić information content (AvgIpc) is 2.35. The van der Waals surface area contributed by atoms with Crippen molar-refractivity contribution in [2.75, 3.05) is 20.3 Å². The van der Waals surface area contributed by atoms with Crippen LogP contribution in [-0.4, -0.2) is 31.3 Å². The fourth-order valence-corrected chi connectivity index (χ4v) is 1.55. The summed E-state index contributed by atoms with van der Waals surface area (Å²) in [5.41, 5.74) is 0.884. The number of hydrogen-bond donors (Lipinski definition) is 2. The molecule has 0 bridgehead atoms. The standard InChI is InChI=1S/C13H19NO3/c1-17-12-7-3-2-6-11(12)10-13(16)14-8-4-5-9-15/h2-3,6-7,15H,4-5,8-10H2,1H3,(H,14,16). The molecule has 0 aliphatic carbocycles. The van der Waals surface area contributed by atoms with Crippen LogP contribution in [0.4, 0.5) is 0 Å². The van der Waals surface area contributed by atoms with E-state index in [4.69, 9.17) is 9.84 Å². The van der Waals surface area contributed by atoms with Gasteiger partial charge in [-0.1, -0.05) is 18.2 Å². The minimum Gasteiger partial charge on any atom is -0.496 e. The number of nitrogens with one attached hydrogen (secondary N) is 1. The first-order valence-corrected chi connectivity index (χ1v) is 5.77. The van der Waals surface area contributed by atoms with Crippen molar-refractivity contribution < 1.29 is 14.6 Å². The lowest BCUT2D eigenvalue weighted by atomic mass is 10.1. The number of benzene rings is 1. The Bertz CT molecular complexity index is 352. The molecule has 0 unspecified atom stereocenters. The molecule has 2 N–H and O–H groups in total. The van der Waals surface area contributed by atoms with Gasteiger partial charge in [-0.3, -0.25) is 4.79 Å². The van der Waals surface area contributed by atoms with Gasteiger partial charge in [-0.15, -0.1) is 0 Å². The fourth-order valence-electron chi connectivity index (χ4n) is 1.55. The number of methoxy groups -OCH3 is 1. The fraction of sp³-hybridized carbons (Fsp3) is 0.462. The van der Waals surface area contributed by atoms with Gasteiger partial charge in [0.15, 0.2) is 0 Å². The van der Waals surface area contributed by atoms with Crippen LogP contribution < -0.4 is 10.1 Å². The van der Waals surface area contributed by atoms with E-state index in [0.29, 0.717) is 13.0 Å². The van der Waals surface area contributed by atoms with Crippen LogP contribution in [0, 0.1) is 0 Å². The molecule has 0 aliphatic heterocycles. The number of ether oxygens (including phenoxy) is 1. The van der Waals surface area contributed by atoms with E-state index < -0.39 is 0 Å². The number of carbonyl (C=O) groups excluding carboxylic acids is 1. The molecular weight excluding hydrogens is 218 g/mol. The van der Waals surface area contributed by atoms with Gasteiger partial charge in [0, 0.05) is 18.7 Å². The van der Waals surface area contributed by atoms with Gasteiger partial charge in [0.1, 0.15) is 5.75 Å². The van der Waals surface area contributed by atoms with E-state index in [1.807, 2.05) is 24.3 Å². The van der Waals surface area contributed by atoms with Crippen LogP contribution in [-0.2, 0) is 11.2 Å². The summed E-state index contributed by atoms with van der Waals surface area (Å²) < 4.78 is 5.18. The zero-order valence-electron chi connectivity index (χ0n) is 10.1. The maximum absolute atomic E-state index is 11.6. The first kappa shape index (κ1) is 13.5. The van der Waals surface area contributed by atoms with Crippen LogP contribution in [0.5, 0.6) is 5.75 Å². The zero-order valence-corrected chi connectivity index (χ0v) is 10.1. The van der Waals surface area contributed by atoms with E-state index in [1.165, 1.54) is 0 Å². The van der Waals surface area contributed by atoms with Crippen molar-refractivity contribution in [2.45, 2.75) is 19.3 Å². The SMILES string of the molecule is COc1ccccc1CC(=O)NCCCCO. The molecule has 4 heteroatoms. The number of hydrogen-bond acceptors (Lipinski definition) is 3. The van der Waals surface area contributed by atoms with Gasteiger partial charge in [-0.05, 0) is 18.9 Å². The van der Waals surface area contributed by atoms with Gasteiger partial charge >= 0.3 is 0 Å². The molecule has 0 saturated carbocycles. The van der Waals surface area contributed by atoms with E-state index >= 15 is 0 Å². The van der Waals surface area contributed by atoms with E-state index in [2.05, 4.69) is 5.32 Å². The molecule has 0 spiro atoms. The Morgan fingerprint density at radius 1 is 1.35 bits per heavy atom. The van der Waals surface area contributed by atoms with Crippen molar-refractivity contribution in [1.82, 2.24) is 5.32 Å². The molecule has 0 atom stereocenters. The van der Waals surface area contributed by atoms with Crippen LogP contribution in [0.1, 0.15) is 18.4 Å². The van der Waals surface area contributed by atoms with Crippen molar-refractivity contribution >= 4 is 5.91 Å². The maximum Gasteiger partial charge on any atom is 0.224 e. The Labute approximate surface area is 102 Å². The summed E-state index contributed by atoms with van der Waals surface area (Å²) in [7, 11) is 1.60. The van der Waals surface area contributed by atoms with Crippen molar-refractivity contribution in [2.24, 2.45) is 0 Å². The van der Waals surface area contributed by atoms with E-state index in [1.54, 1.807) is 7.11 Å². The lowest BCUT2D eigenvalue weighted by molar-refractivity contribution is -0.120. The molecule has 4 nitrogen and oxygen atoms in total. The Morgan fingerprint density at radius 2 is 2.12 bits per heavy atom. The van der Waals surface area contributed by atoms with Crippen LogP contribution in [0.3, 0.4) is 0 Å². The second-order valence-corrected chi connectivity index (χ2v) is 3.77. The van der Waals surface area contributed by atoms with Gasteiger partial charge < -0.3 is 15.2 Å². The third-order valence-electron chi connectivity index (χ3n) is 2.45. The Kier molecular flexibility index (Phi) is 6.10. The highest BCUT2D eigenvalue weighted by Gasteiger charge is 2.07. The minimum absolute atomic E-state index is 0.0209. The quantitative estimate of drug-likeness (QED) is 0.699. The minimum atomic E-state index is -0.0209. The molecule has 17 heavy (non-hydrogen) atoms. The van der Waals surface area contributed by atoms with Crippen LogP contribution in [0.15, 0.2) is 24.3 Å². The van der Waals surface area contributed by atoms with E-state index in [9.17, 15) is 4.79 Å². The summed E-state index contributed by atoms with van der Waals surface area (Å²) in [6.45, 7) is 0.775. The van der Waals surface area contributed by atoms with Crippen molar-refractivity contribution in [3.8, 4) is 5.75 Å². The second kappa shape index (κ2) is 7.68. The predicted octanol–water partition coefficient (Wildman–Crippen LogP) is 1.13. The molecule has 0 aromatic heterocycles.